The maximum absolute atomic E-state index is 6.39. The molecule has 0 radical (unpaired) electrons. The van der Waals surface area contributed by atoms with Crippen LogP contribution in [-0.2, 0) is 10.2 Å². The molecule has 1 aliphatic rings. The Balaban J connectivity index is 2.25. The Bertz CT molecular complexity index is 392. The summed E-state index contributed by atoms with van der Waals surface area (Å²) in [6.07, 6.45) is 0. The molecule has 0 atom stereocenters. The van der Waals surface area contributed by atoms with Crippen molar-refractivity contribution >= 4 is 17.3 Å². The van der Waals surface area contributed by atoms with Crippen LogP contribution in [0.1, 0.15) is 26.3 Å². The molecule has 1 aliphatic heterocycles. The molecule has 17 heavy (non-hydrogen) atoms. The van der Waals surface area contributed by atoms with Gasteiger partial charge in [-0.2, -0.15) is 0 Å². The van der Waals surface area contributed by atoms with E-state index in [1.54, 1.807) is 0 Å². The Morgan fingerprint density at radius 1 is 1.18 bits per heavy atom. The van der Waals surface area contributed by atoms with Crippen LogP contribution in [0.25, 0.3) is 0 Å². The third kappa shape index (κ3) is 2.93. The fourth-order valence-corrected chi connectivity index (χ4v) is 2.33. The van der Waals surface area contributed by atoms with E-state index in [1.807, 2.05) is 0 Å². The van der Waals surface area contributed by atoms with E-state index in [0.717, 1.165) is 37.0 Å². The predicted molar refractivity (Wildman–Crippen MR) is 73.2 cm³/mol. The standard InChI is InChI=1S/C14H20ClNO/c1-14(2,3)11-4-5-13(12(15)10-11)16-6-8-17-9-7-16/h4-5,10H,6-9H2,1-3H3. The van der Waals surface area contributed by atoms with E-state index < -0.39 is 0 Å². The highest BCUT2D eigenvalue weighted by Gasteiger charge is 2.18. The number of hydrogen-bond donors (Lipinski definition) is 0. The molecule has 0 aromatic heterocycles. The van der Waals surface area contributed by atoms with Crippen LogP contribution in [0.3, 0.4) is 0 Å². The average Bonchev–Trinajstić information content (AvgIpc) is 2.29. The molecule has 94 valence electrons. The van der Waals surface area contributed by atoms with Gasteiger partial charge in [-0.3, -0.25) is 0 Å². The normalized spacial score (nSPS) is 17.3. The van der Waals surface area contributed by atoms with E-state index in [0.29, 0.717) is 0 Å². The van der Waals surface area contributed by atoms with Crippen molar-refractivity contribution in [2.75, 3.05) is 31.2 Å². The molecule has 1 heterocycles. The van der Waals surface area contributed by atoms with Crippen LogP contribution < -0.4 is 4.90 Å². The molecule has 0 unspecified atom stereocenters. The molecule has 3 heteroatoms. The second-order valence-corrected chi connectivity index (χ2v) is 5.92. The Kier molecular flexibility index (Phi) is 3.64. The van der Waals surface area contributed by atoms with Gasteiger partial charge in [0.1, 0.15) is 0 Å². The summed E-state index contributed by atoms with van der Waals surface area (Å²) >= 11 is 6.39. The molecule has 2 rings (SSSR count). The summed E-state index contributed by atoms with van der Waals surface area (Å²) < 4.78 is 5.35. The van der Waals surface area contributed by atoms with E-state index in [9.17, 15) is 0 Å². The van der Waals surface area contributed by atoms with Crippen molar-refractivity contribution in [3.05, 3.63) is 28.8 Å². The number of anilines is 1. The van der Waals surface area contributed by atoms with Gasteiger partial charge in [0.05, 0.1) is 23.9 Å². The van der Waals surface area contributed by atoms with Gasteiger partial charge in [-0.15, -0.1) is 0 Å². The SMILES string of the molecule is CC(C)(C)c1ccc(N2CCOCC2)c(Cl)c1. The van der Waals surface area contributed by atoms with E-state index in [1.165, 1.54) is 5.56 Å². The van der Waals surface area contributed by atoms with Crippen molar-refractivity contribution in [3.63, 3.8) is 0 Å². The van der Waals surface area contributed by atoms with Gasteiger partial charge in [0.15, 0.2) is 0 Å². The fraction of sp³-hybridized carbons (Fsp3) is 0.571. The van der Waals surface area contributed by atoms with Crippen molar-refractivity contribution in [2.45, 2.75) is 26.2 Å². The van der Waals surface area contributed by atoms with Crippen LogP contribution in [0.5, 0.6) is 0 Å². The lowest BCUT2D eigenvalue weighted by Gasteiger charge is -2.30. The van der Waals surface area contributed by atoms with Crippen LogP contribution in [0, 0.1) is 0 Å². The van der Waals surface area contributed by atoms with Crippen LogP contribution in [0.2, 0.25) is 5.02 Å². The number of rotatable bonds is 1. The molecule has 0 amide bonds. The first-order valence-corrected chi connectivity index (χ1v) is 6.49. The number of hydrogen-bond acceptors (Lipinski definition) is 2. The first-order chi connectivity index (χ1) is 7.98. The van der Waals surface area contributed by atoms with E-state index in [-0.39, 0.29) is 5.41 Å². The topological polar surface area (TPSA) is 12.5 Å². The number of halogens is 1. The average molecular weight is 254 g/mol. The lowest BCUT2D eigenvalue weighted by atomic mass is 9.87. The lowest BCUT2D eigenvalue weighted by Crippen LogP contribution is -2.36. The van der Waals surface area contributed by atoms with Crippen molar-refractivity contribution in [3.8, 4) is 0 Å². The van der Waals surface area contributed by atoms with E-state index >= 15 is 0 Å². The smallest absolute Gasteiger partial charge is 0.0642 e. The summed E-state index contributed by atoms with van der Waals surface area (Å²) in [7, 11) is 0. The molecule has 0 spiro atoms. The molecular formula is C14H20ClNO. The van der Waals surface area contributed by atoms with Gasteiger partial charge in [-0.25, -0.2) is 0 Å². The molecule has 0 saturated carbocycles. The quantitative estimate of drug-likeness (QED) is 0.760. The largest absolute Gasteiger partial charge is 0.378 e. The van der Waals surface area contributed by atoms with Gasteiger partial charge in [0, 0.05) is 13.1 Å². The van der Waals surface area contributed by atoms with Gasteiger partial charge in [-0.1, -0.05) is 38.4 Å². The van der Waals surface area contributed by atoms with Crippen molar-refractivity contribution in [2.24, 2.45) is 0 Å². The summed E-state index contributed by atoms with van der Waals surface area (Å²) in [6, 6.07) is 6.40. The van der Waals surface area contributed by atoms with Gasteiger partial charge >= 0.3 is 0 Å². The van der Waals surface area contributed by atoms with Crippen molar-refractivity contribution in [1.29, 1.82) is 0 Å². The minimum absolute atomic E-state index is 0.146. The first kappa shape index (κ1) is 12.7. The molecule has 0 bridgehead atoms. The number of benzene rings is 1. The van der Waals surface area contributed by atoms with Crippen LogP contribution in [-0.4, -0.2) is 26.3 Å². The number of morpholine rings is 1. The van der Waals surface area contributed by atoms with E-state index in [4.69, 9.17) is 16.3 Å². The fourth-order valence-electron chi connectivity index (χ4n) is 2.03. The highest BCUT2D eigenvalue weighted by molar-refractivity contribution is 6.33. The summed E-state index contributed by atoms with van der Waals surface area (Å²) in [5.41, 5.74) is 2.55. The predicted octanol–water partition coefficient (Wildman–Crippen LogP) is 3.47. The third-order valence-corrected chi connectivity index (χ3v) is 3.47. The zero-order valence-electron chi connectivity index (χ0n) is 10.8. The molecule has 1 saturated heterocycles. The Morgan fingerprint density at radius 3 is 2.35 bits per heavy atom. The summed E-state index contributed by atoms with van der Waals surface area (Å²) in [5, 5.41) is 0.847. The lowest BCUT2D eigenvalue weighted by molar-refractivity contribution is 0.122. The van der Waals surface area contributed by atoms with E-state index in [2.05, 4.69) is 43.9 Å². The molecule has 0 aliphatic carbocycles. The summed E-state index contributed by atoms with van der Waals surface area (Å²) in [6.45, 7) is 10.0. The molecule has 1 fully saturated rings. The highest BCUT2D eigenvalue weighted by Crippen LogP contribution is 2.32. The van der Waals surface area contributed by atoms with Gasteiger partial charge in [0.2, 0.25) is 0 Å². The zero-order chi connectivity index (χ0) is 12.5. The minimum Gasteiger partial charge on any atom is -0.378 e. The van der Waals surface area contributed by atoms with Crippen molar-refractivity contribution < 1.29 is 4.74 Å². The van der Waals surface area contributed by atoms with Gasteiger partial charge in [-0.05, 0) is 23.1 Å². The maximum Gasteiger partial charge on any atom is 0.0642 e. The zero-order valence-corrected chi connectivity index (χ0v) is 11.5. The molecule has 0 N–H and O–H groups in total. The van der Waals surface area contributed by atoms with Gasteiger partial charge < -0.3 is 9.64 Å². The Hall–Kier alpha value is -0.730. The number of nitrogens with zero attached hydrogens (tertiary/aromatic N) is 1. The van der Waals surface area contributed by atoms with Crippen LogP contribution >= 0.6 is 11.6 Å². The summed E-state index contributed by atoms with van der Waals surface area (Å²) in [5.74, 6) is 0. The number of ether oxygens (including phenoxy) is 1. The molecule has 1 aromatic rings. The second kappa shape index (κ2) is 4.87. The molecular weight excluding hydrogens is 234 g/mol. The van der Waals surface area contributed by atoms with Crippen LogP contribution in [0.4, 0.5) is 5.69 Å². The molecule has 1 aromatic carbocycles. The maximum atomic E-state index is 6.39. The Morgan fingerprint density at radius 2 is 1.82 bits per heavy atom. The highest BCUT2D eigenvalue weighted by atomic mass is 35.5. The third-order valence-electron chi connectivity index (χ3n) is 3.17. The minimum atomic E-state index is 0.146. The second-order valence-electron chi connectivity index (χ2n) is 5.52. The first-order valence-electron chi connectivity index (χ1n) is 6.11. The van der Waals surface area contributed by atoms with Crippen molar-refractivity contribution in [1.82, 2.24) is 0 Å². The summed E-state index contributed by atoms with van der Waals surface area (Å²) in [4.78, 5) is 2.29. The van der Waals surface area contributed by atoms with Crippen LogP contribution in [0.15, 0.2) is 18.2 Å². The molecule has 2 nitrogen and oxygen atoms in total. The monoisotopic (exact) mass is 253 g/mol. The Labute approximate surface area is 109 Å². The van der Waals surface area contributed by atoms with Gasteiger partial charge in [0.25, 0.3) is 0 Å².